The summed E-state index contributed by atoms with van der Waals surface area (Å²) in [5, 5.41) is 5.68. The van der Waals surface area contributed by atoms with Crippen LogP contribution in [-0.2, 0) is 5.41 Å². The Bertz CT molecular complexity index is 1560. The lowest BCUT2D eigenvalue weighted by atomic mass is 9.76. The second-order valence-electron chi connectivity index (χ2n) is 10.3. The molecule has 0 bridgehead atoms. The highest BCUT2D eigenvalue weighted by Crippen LogP contribution is 2.38. The fourth-order valence-corrected chi connectivity index (χ4v) is 5.97. The van der Waals surface area contributed by atoms with Gasteiger partial charge in [0.05, 0.1) is 0 Å². The molecule has 0 N–H and O–H groups in total. The molecule has 2 aliphatic rings. The SMILES string of the molecule is CC1=CC2CC=c3c(C)cc(-c4cccc(C(C)(C)c5ccccc5)c4)c4ccc(c2c34)=C1. The van der Waals surface area contributed by atoms with Gasteiger partial charge in [-0.1, -0.05) is 110 Å². The topological polar surface area (TPSA) is 0 Å². The number of aryl methyl sites for hydroxylation is 1. The molecule has 0 heteroatoms. The Labute approximate surface area is 196 Å². The number of rotatable bonds is 3. The maximum absolute atomic E-state index is 2.47. The molecule has 0 saturated heterocycles. The molecule has 0 aromatic heterocycles. The molecule has 0 saturated carbocycles. The summed E-state index contributed by atoms with van der Waals surface area (Å²) < 4.78 is 0. The average Bonchev–Trinajstić information content (AvgIpc) is 2.83. The standard InChI is InChI=1S/C33H30/c1-21-17-24-13-15-28-22(2)19-30(29-16-14-25(18-21)31(24)32(28)29)23-9-8-12-27(20-23)33(3,4)26-10-6-5-7-11-26/h5-12,14-20,24H,13H2,1-4H3. The third-order valence-electron chi connectivity index (χ3n) is 7.81. The first-order valence-electron chi connectivity index (χ1n) is 12.1. The smallest absolute Gasteiger partial charge is 0.0146 e. The van der Waals surface area contributed by atoms with E-state index in [0.717, 1.165) is 6.42 Å². The van der Waals surface area contributed by atoms with E-state index >= 15 is 0 Å². The van der Waals surface area contributed by atoms with E-state index in [9.17, 15) is 0 Å². The maximum atomic E-state index is 2.47. The van der Waals surface area contributed by atoms with Gasteiger partial charge in [-0.25, -0.2) is 0 Å². The highest BCUT2D eigenvalue weighted by atomic mass is 14.3. The summed E-state index contributed by atoms with van der Waals surface area (Å²) >= 11 is 0. The van der Waals surface area contributed by atoms with E-state index in [1.165, 1.54) is 60.2 Å². The highest BCUT2D eigenvalue weighted by Gasteiger charge is 2.25. The van der Waals surface area contributed by atoms with Gasteiger partial charge >= 0.3 is 0 Å². The van der Waals surface area contributed by atoms with Crippen molar-refractivity contribution in [2.45, 2.75) is 45.4 Å². The van der Waals surface area contributed by atoms with Crippen LogP contribution in [0.15, 0.2) is 84.4 Å². The number of benzene rings is 4. The second kappa shape index (κ2) is 7.32. The second-order valence-corrected chi connectivity index (χ2v) is 10.3. The summed E-state index contributed by atoms with van der Waals surface area (Å²) in [6.45, 7) is 9.16. The van der Waals surface area contributed by atoms with Crippen molar-refractivity contribution in [3.05, 3.63) is 117 Å². The summed E-state index contributed by atoms with van der Waals surface area (Å²) in [5.41, 5.74) is 9.58. The lowest BCUT2D eigenvalue weighted by Crippen LogP contribution is -2.25. The Morgan fingerprint density at radius 3 is 2.42 bits per heavy atom. The van der Waals surface area contributed by atoms with E-state index < -0.39 is 0 Å². The molecular weight excluding hydrogens is 396 g/mol. The predicted molar refractivity (Wildman–Crippen MR) is 142 cm³/mol. The Balaban J connectivity index is 1.60. The molecule has 0 amide bonds. The van der Waals surface area contributed by atoms with Crippen molar-refractivity contribution >= 4 is 22.9 Å². The van der Waals surface area contributed by atoms with Gasteiger partial charge in [-0.05, 0) is 74.9 Å². The minimum absolute atomic E-state index is 0.0528. The molecule has 162 valence electrons. The quantitative estimate of drug-likeness (QED) is 0.326. The molecule has 1 atom stereocenters. The van der Waals surface area contributed by atoms with Crippen LogP contribution in [-0.4, -0.2) is 0 Å². The Morgan fingerprint density at radius 1 is 0.818 bits per heavy atom. The molecule has 0 fully saturated rings. The lowest BCUT2D eigenvalue weighted by molar-refractivity contribution is 0.641. The van der Waals surface area contributed by atoms with Crippen LogP contribution in [0, 0.1) is 6.92 Å². The van der Waals surface area contributed by atoms with Crippen molar-refractivity contribution in [2.24, 2.45) is 0 Å². The van der Waals surface area contributed by atoms with E-state index in [1.54, 1.807) is 0 Å². The summed E-state index contributed by atoms with van der Waals surface area (Å²) in [6, 6.07) is 27.1. The van der Waals surface area contributed by atoms with Gasteiger partial charge in [0.15, 0.2) is 0 Å². The van der Waals surface area contributed by atoms with Crippen LogP contribution in [0.2, 0.25) is 0 Å². The Hall–Kier alpha value is -3.38. The minimum Gasteiger partial charge on any atom is -0.0754 e. The van der Waals surface area contributed by atoms with Gasteiger partial charge in [0.1, 0.15) is 0 Å². The van der Waals surface area contributed by atoms with Crippen LogP contribution < -0.4 is 10.4 Å². The molecule has 2 aliphatic carbocycles. The van der Waals surface area contributed by atoms with Crippen LogP contribution in [0.3, 0.4) is 0 Å². The molecule has 0 spiro atoms. The third kappa shape index (κ3) is 3.12. The Kier molecular flexibility index (Phi) is 4.49. The van der Waals surface area contributed by atoms with Gasteiger partial charge in [-0.3, -0.25) is 0 Å². The number of allylic oxidation sites excluding steroid dienone is 2. The number of hydrogen-bond donors (Lipinski definition) is 0. The molecule has 0 heterocycles. The van der Waals surface area contributed by atoms with Gasteiger partial charge in [0.25, 0.3) is 0 Å². The normalized spacial score (nSPS) is 16.7. The van der Waals surface area contributed by atoms with E-state index in [-0.39, 0.29) is 5.41 Å². The van der Waals surface area contributed by atoms with Crippen LogP contribution in [0.5, 0.6) is 0 Å². The van der Waals surface area contributed by atoms with E-state index in [4.69, 9.17) is 0 Å². The van der Waals surface area contributed by atoms with Crippen LogP contribution in [0.4, 0.5) is 0 Å². The van der Waals surface area contributed by atoms with Gasteiger partial charge in [0.2, 0.25) is 0 Å². The Morgan fingerprint density at radius 2 is 1.61 bits per heavy atom. The van der Waals surface area contributed by atoms with Crippen LogP contribution in [0.1, 0.15) is 55.4 Å². The molecule has 33 heavy (non-hydrogen) atoms. The molecule has 0 nitrogen and oxygen atoms in total. The first-order valence-corrected chi connectivity index (χ1v) is 12.1. The zero-order valence-corrected chi connectivity index (χ0v) is 19.9. The van der Waals surface area contributed by atoms with Crippen LogP contribution >= 0.6 is 0 Å². The first-order chi connectivity index (χ1) is 15.9. The first kappa shape index (κ1) is 20.2. The van der Waals surface area contributed by atoms with Crippen molar-refractivity contribution in [3.8, 4) is 11.1 Å². The van der Waals surface area contributed by atoms with Crippen molar-refractivity contribution in [2.75, 3.05) is 0 Å². The fourth-order valence-electron chi connectivity index (χ4n) is 5.97. The van der Waals surface area contributed by atoms with E-state index in [0.29, 0.717) is 5.92 Å². The molecule has 4 aromatic carbocycles. The minimum atomic E-state index is -0.0528. The van der Waals surface area contributed by atoms with Crippen molar-refractivity contribution in [3.63, 3.8) is 0 Å². The zero-order chi connectivity index (χ0) is 22.7. The highest BCUT2D eigenvalue weighted by molar-refractivity contribution is 6.01. The molecule has 4 aromatic rings. The third-order valence-corrected chi connectivity index (χ3v) is 7.81. The predicted octanol–water partition coefficient (Wildman–Crippen LogP) is 7.15. The van der Waals surface area contributed by atoms with E-state index in [1.807, 2.05) is 0 Å². The summed E-state index contributed by atoms with van der Waals surface area (Å²) in [7, 11) is 0. The maximum Gasteiger partial charge on any atom is 0.0146 e. The molecular formula is C33H30. The average molecular weight is 427 g/mol. The van der Waals surface area contributed by atoms with Crippen LogP contribution in [0.25, 0.3) is 34.1 Å². The lowest BCUT2D eigenvalue weighted by Gasteiger charge is -2.27. The monoisotopic (exact) mass is 426 g/mol. The zero-order valence-electron chi connectivity index (χ0n) is 19.9. The van der Waals surface area contributed by atoms with Gasteiger partial charge in [-0.2, -0.15) is 0 Å². The van der Waals surface area contributed by atoms with Gasteiger partial charge in [0, 0.05) is 11.3 Å². The van der Waals surface area contributed by atoms with Crippen molar-refractivity contribution in [1.29, 1.82) is 0 Å². The molecule has 0 radical (unpaired) electrons. The van der Waals surface area contributed by atoms with Crippen molar-refractivity contribution in [1.82, 2.24) is 0 Å². The largest absolute Gasteiger partial charge is 0.0754 e. The molecule has 6 rings (SSSR count). The van der Waals surface area contributed by atoms with Gasteiger partial charge in [-0.15, -0.1) is 0 Å². The summed E-state index contributed by atoms with van der Waals surface area (Å²) in [5.74, 6) is 0.499. The molecule has 1 unspecified atom stereocenters. The number of hydrogen-bond acceptors (Lipinski definition) is 0. The summed E-state index contributed by atoms with van der Waals surface area (Å²) in [4.78, 5) is 0. The molecule has 0 aliphatic heterocycles. The van der Waals surface area contributed by atoms with Crippen molar-refractivity contribution < 1.29 is 0 Å². The van der Waals surface area contributed by atoms with Gasteiger partial charge < -0.3 is 0 Å². The summed E-state index contributed by atoms with van der Waals surface area (Å²) in [6.07, 6.45) is 8.37. The van der Waals surface area contributed by atoms with E-state index in [2.05, 4.69) is 119 Å². The fraction of sp³-hybridized carbons (Fsp3) is 0.212.